The van der Waals surface area contributed by atoms with Crippen molar-refractivity contribution < 1.29 is 14.7 Å². The van der Waals surface area contributed by atoms with Crippen molar-refractivity contribution in [3.63, 3.8) is 0 Å². The van der Waals surface area contributed by atoms with Gasteiger partial charge < -0.3 is 10.0 Å². The number of ketones is 1. The average molecular weight is 504 g/mol. The van der Waals surface area contributed by atoms with Crippen LogP contribution in [0.2, 0.25) is 0 Å². The topological polar surface area (TPSA) is 73.7 Å². The number of rotatable bonds is 8. The van der Waals surface area contributed by atoms with Gasteiger partial charge in [0.1, 0.15) is 0 Å². The van der Waals surface area contributed by atoms with E-state index in [2.05, 4.69) is 37.6 Å². The zero-order valence-corrected chi connectivity index (χ0v) is 22.5. The minimum absolute atomic E-state index is 0.0928. The van der Waals surface area contributed by atoms with Crippen LogP contribution in [0.5, 0.6) is 0 Å². The number of nitrogens with zero attached hydrogens (tertiary/aromatic N) is 3. The molecule has 1 atom stereocenters. The fourth-order valence-electron chi connectivity index (χ4n) is 4.76. The normalized spacial score (nSPS) is 15.8. The smallest absolute Gasteiger partial charge is 0.294 e. The maximum atomic E-state index is 13.8. The molecule has 1 amide bonds. The fraction of sp³-hybridized carbons (Fsp3) is 0.345. The number of aliphatic hydroxyl groups is 1. The number of aryl methyl sites for hydroxylation is 2. The van der Waals surface area contributed by atoms with E-state index in [1.165, 1.54) is 16.2 Å². The largest absolute Gasteiger partial charge is 0.503 e. The number of anilines is 2. The Hall–Kier alpha value is -3.45. The van der Waals surface area contributed by atoms with Gasteiger partial charge in [-0.25, -0.2) is 4.98 Å². The van der Waals surface area contributed by atoms with Gasteiger partial charge >= 0.3 is 0 Å². The lowest BCUT2D eigenvalue weighted by molar-refractivity contribution is -0.117. The lowest BCUT2D eigenvalue weighted by Gasteiger charge is -2.28. The standard InChI is InChI=1S/C29H33N3O3S/c1-7-31(8-2)22-13-11-21(12-14-22)25-24(26(33)28-18(5)30-19(6)36-28)27(34)29(35)32(25)23-15-9-20(10-16-23)17(3)4/h9-17,25,34H,7-8H2,1-6H3. The van der Waals surface area contributed by atoms with E-state index in [0.717, 1.165) is 34.9 Å². The summed E-state index contributed by atoms with van der Waals surface area (Å²) in [7, 11) is 0. The maximum absolute atomic E-state index is 13.8. The van der Waals surface area contributed by atoms with Crippen LogP contribution >= 0.6 is 11.3 Å². The minimum atomic E-state index is -0.748. The summed E-state index contributed by atoms with van der Waals surface area (Å²) in [5, 5.41) is 11.8. The number of hydrogen-bond donors (Lipinski definition) is 1. The molecule has 3 aromatic rings. The van der Waals surface area contributed by atoms with Crippen LogP contribution in [0.3, 0.4) is 0 Å². The molecule has 4 rings (SSSR count). The predicted octanol–water partition coefficient (Wildman–Crippen LogP) is 6.51. The molecule has 0 aliphatic carbocycles. The SMILES string of the molecule is CCN(CC)c1ccc(C2C(C(=O)c3sc(C)nc3C)=C(O)C(=O)N2c2ccc(C(C)C)cc2)cc1. The second kappa shape index (κ2) is 10.3. The van der Waals surface area contributed by atoms with E-state index < -0.39 is 17.7 Å². The summed E-state index contributed by atoms with van der Waals surface area (Å²) in [5.41, 5.74) is 4.30. The van der Waals surface area contributed by atoms with Gasteiger partial charge in [-0.2, -0.15) is 0 Å². The first kappa shape index (κ1) is 25.6. The zero-order valence-electron chi connectivity index (χ0n) is 21.7. The number of aliphatic hydroxyl groups excluding tert-OH is 1. The Bertz CT molecular complexity index is 1300. The lowest BCUT2D eigenvalue weighted by Crippen LogP contribution is -2.31. The van der Waals surface area contributed by atoms with Gasteiger partial charge in [-0.3, -0.25) is 14.5 Å². The van der Waals surface area contributed by atoms with Crippen molar-refractivity contribution in [3.8, 4) is 0 Å². The van der Waals surface area contributed by atoms with E-state index in [0.29, 0.717) is 22.2 Å². The minimum Gasteiger partial charge on any atom is -0.503 e. The molecule has 0 radical (unpaired) electrons. The van der Waals surface area contributed by atoms with E-state index >= 15 is 0 Å². The highest BCUT2D eigenvalue weighted by atomic mass is 32.1. The Kier molecular flexibility index (Phi) is 7.31. The lowest BCUT2D eigenvalue weighted by atomic mass is 9.94. The summed E-state index contributed by atoms with van der Waals surface area (Å²) in [6.45, 7) is 13.8. The van der Waals surface area contributed by atoms with Gasteiger partial charge in [-0.15, -0.1) is 11.3 Å². The maximum Gasteiger partial charge on any atom is 0.294 e. The fourth-order valence-corrected chi connectivity index (χ4v) is 5.63. The van der Waals surface area contributed by atoms with Gasteiger partial charge in [-0.05, 0) is 69.0 Å². The molecular formula is C29H33N3O3S. The number of aromatic nitrogens is 1. The first-order valence-corrected chi connectivity index (χ1v) is 13.2. The highest BCUT2D eigenvalue weighted by molar-refractivity contribution is 7.14. The molecule has 1 unspecified atom stereocenters. The molecule has 1 aliphatic heterocycles. The first-order valence-electron chi connectivity index (χ1n) is 12.4. The Morgan fingerprint density at radius 2 is 1.67 bits per heavy atom. The second-order valence-electron chi connectivity index (χ2n) is 9.33. The van der Waals surface area contributed by atoms with Gasteiger partial charge in [0.25, 0.3) is 5.91 Å². The quantitative estimate of drug-likeness (QED) is 0.355. The van der Waals surface area contributed by atoms with E-state index in [4.69, 9.17) is 0 Å². The van der Waals surface area contributed by atoms with Crippen LogP contribution in [0.25, 0.3) is 0 Å². The molecule has 2 aromatic carbocycles. The third-order valence-corrected chi connectivity index (χ3v) is 7.81. The molecule has 0 bridgehead atoms. The summed E-state index contributed by atoms with van der Waals surface area (Å²) in [4.78, 5) is 35.8. The first-order chi connectivity index (χ1) is 17.2. The van der Waals surface area contributed by atoms with Crippen LogP contribution in [0, 0.1) is 13.8 Å². The summed E-state index contributed by atoms with van der Waals surface area (Å²) in [6.07, 6.45) is 0. The molecule has 2 heterocycles. The van der Waals surface area contributed by atoms with Crippen LogP contribution < -0.4 is 9.80 Å². The molecule has 1 N–H and O–H groups in total. The third kappa shape index (κ3) is 4.55. The number of carbonyl (C=O) groups is 2. The monoisotopic (exact) mass is 503 g/mol. The van der Waals surface area contributed by atoms with Gasteiger partial charge in [0, 0.05) is 24.5 Å². The Morgan fingerprint density at radius 3 is 2.17 bits per heavy atom. The highest BCUT2D eigenvalue weighted by Crippen LogP contribution is 2.43. The van der Waals surface area contributed by atoms with Crippen molar-refractivity contribution in [3.05, 3.63) is 86.6 Å². The van der Waals surface area contributed by atoms with Crippen molar-refractivity contribution in [1.82, 2.24) is 4.98 Å². The molecule has 7 heteroatoms. The summed E-state index contributed by atoms with van der Waals surface area (Å²) in [5.74, 6) is -1.09. The molecule has 0 saturated carbocycles. The number of hydrogen-bond acceptors (Lipinski definition) is 6. The molecule has 0 fully saturated rings. The summed E-state index contributed by atoms with van der Waals surface area (Å²) in [6, 6.07) is 14.9. The Balaban J connectivity index is 1.84. The number of carbonyl (C=O) groups excluding carboxylic acids is 2. The van der Waals surface area contributed by atoms with Crippen LogP contribution in [-0.2, 0) is 4.79 Å². The second-order valence-corrected chi connectivity index (χ2v) is 10.5. The van der Waals surface area contributed by atoms with E-state index in [9.17, 15) is 14.7 Å². The van der Waals surface area contributed by atoms with Gasteiger partial charge in [0.15, 0.2) is 5.76 Å². The van der Waals surface area contributed by atoms with Crippen LogP contribution in [0.4, 0.5) is 11.4 Å². The van der Waals surface area contributed by atoms with Crippen molar-refractivity contribution in [2.24, 2.45) is 0 Å². The average Bonchev–Trinajstić information content (AvgIpc) is 3.34. The van der Waals surface area contributed by atoms with E-state index in [1.54, 1.807) is 6.92 Å². The third-order valence-electron chi connectivity index (χ3n) is 6.74. The van der Waals surface area contributed by atoms with Crippen molar-refractivity contribution in [2.75, 3.05) is 22.9 Å². The van der Waals surface area contributed by atoms with Crippen molar-refractivity contribution in [1.29, 1.82) is 0 Å². The molecule has 0 saturated heterocycles. The molecule has 1 aliphatic rings. The van der Waals surface area contributed by atoms with Crippen LogP contribution in [0.1, 0.15) is 71.2 Å². The molecule has 188 valence electrons. The van der Waals surface area contributed by atoms with Crippen molar-refractivity contribution in [2.45, 2.75) is 53.5 Å². The predicted molar refractivity (Wildman–Crippen MR) is 146 cm³/mol. The van der Waals surface area contributed by atoms with Crippen LogP contribution in [0.15, 0.2) is 59.9 Å². The Labute approximate surface area is 216 Å². The van der Waals surface area contributed by atoms with Gasteiger partial charge in [-0.1, -0.05) is 38.1 Å². The molecule has 6 nitrogen and oxygen atoms in total. The number of amides is 1. The molecule has 1 aromatic heterocycles. The van der Waals surface area contributed by atoms with Crippen LogP contribution in [-0.4, -0.2) is 34.9 Å². The zero-order chi connectivity index (χ0) is 26.1. The Morgan fingerprint density at radius 1 is 1.06 bits per heavy atom. The van der Waals surface area contributed by atoms with Gasteiger partial charge in [0.05, 0.1) is 27.2 Å². The van der Waals surface area contributed by atoms with E-state index in [1.807, 2.05) is 55.5 Å². The number of thiazole rings is 1. The highest BCUT2D eigenvalue weighted by Gasteiger charge is 2.45. The summed E-state index contributed by atoms with van der Waals surface area (Å²) < 4.78 is 0. The van der Waals surface area contributed by atoms with Crippen molar-refractivity contribution >= 4 is 34.4 Å². The summed E-state index contributed by atoms with van der Waals surface area (Å²) >= 11 is 1.28. The van der Waals surface area contributed by atoms with E-state index in [-0.39, 0.29) is 11.4 Å². The molecule has 36 heavy (non-hydrogen) atoms. The molecule has 0 spiro atoms. The van der Waals surface area contributed by atoms with Gasteiger partial charge in [0.2, 0.25) is 5.78 Å². The molecular weight excluding hydrogens is 470 g/mol. The number of Topliss-reactive ketones (excluding diaryl/α,β-unsaturated/α-hetero) is 1. The number of benzene rings is 2.